The van der Waals surface area contributed by atoms with Crippen molar-refractivity contribution in [3.63, 3.8) is 0 Å². The van der Waals surface area contributed by atoms with Gasteiger partial charge in [0.15, 0.2) is 0 Å². The Morgan fingerprint density at radius 1 is 1.24 bits per heavy atom. The van der Waals surface area contributed by atoms with Crippen molar-refractivity contribution in [1.82, 2.24) is 9.88 Å². The molecule has 1 saturated heterocycles. The fourth-order valence-electron chi connectivity index (χ4n) is 2.62. The number of nitrogens with zero attached hydrogens (tertiary/aromatic N) is 2. The van der Waals surface area contributed by atoms with Crippen LogP contribution < -0.4 is 0 Å². The first kappa shape index (κ1) is 14.0. The van der Waals surface area contributed by atoms with E-state index in [9.17, 15) is 9.59 Å². The second kappa shape index (κ2) is 5.45. The zero-order chi connectivity index (χ0) is 15.0. The van der Waals surface area contributed by atoms with E-state index in [1.807, 2.05) is 37.3 Å². The average molecular weight is 303 g/mol. The minimum atomic E-state index is -0.136. The largest absolute Gasteiger partial charge is 0.278 e. The molecule has 0 aliphatic carbocycles. The van der Waals surface area contributed by atoms with E-state index >= 15 is 0 Å². The maximum atomic E-state index is 12.0. The van der Waals surface area contributed by atoms with Gasteiger partial charge in [-0.1, -0.05) is 36.7 Å². The molecule has 0 saturated carbocycles. The van der Waals surface area contributed by atoms with Gasteiger partial charge < -0.3 is 0 Å². The van der Waals surface area contributed by atoms with E-state index in [1.165, 1.54) is 4.90 Å². The summed E-state index contributed by atoms with van der Waals surface area (Å²) in [6.07, 6.45) is 0.814. The number of piperidine rings is 1. The Kier molecular flexibility index (Phi) is 3.64. The zero-order valence-electron chi connectivity index (χ0n) is 11.7. The van der Waals surface area contributed by atoms with E-state index in [1.54, 1.807) is 0 Å². The molecule has 0 radical (unpaired) electrons. The lowest BCUT2D eigenvalue weighted by Crippen LogP contribution is -2.42. The van der Waals surface area contributed by atoms with Crippen LogP contribution in [-0.2, 0) is 16.1 Å². The van der Waals surface area contributed by atoms with Gasteiger partial charge >= 0.3 is 0 Å². The van der Waals surface area contributed by atoms with Crippen molar-refractivity contribution >= 4 is 34.3 Å². The van der Waals surface area contributed by atoms with Crippen molar-refractivity contribution < 1.29 is 9.59 Å². The Bertz CT molecular complexity index is 711. The highest BCUT2D eigenvalue weighted by atomic mass is 35.5. The molecule has 0 N–H and O–H groups in total. The molecule has 1 fully saturated rings. The first-order valence-electron chi connectivity index (χ1n) is 6.92. The number of rotatable bonds is 2. The van der Waals surface area contributed by atoms with Crippen molar-refractivity contribution in [2.75, 3.05) is 0 Å². The summed E-state index contributed by atoms with van der Waals surface area (Å²) in [4.78, 5) is 29.7. The van der Waals surface area contributed by atoms with Crippen LogP contribution in [-0.4, -0.2) is 21.7 Å². The average Bonchev–Trinajstić information content (AvgIpc) is 2.43. The summed E-state index contributed by atoms with van der Waals surface area (Å²) in [7, 11) is 0. The van der Waals surface area contributed by atoms with Crippen LogP contribution in [0, 0.1) is 5.92 Å². The van der Waals surface area contributed by atoms with Gasteiger partial charge in [0.25, 0.3) is 0 Å². The van der Waals surface area contributed by atoms with Gasteiger partial charge in [-0.05, 0) is 18.1 Å². The summed E-state index contributed by atoms with van der Waals surface area (Å²) in [5.41, 5.74) is 1.50. The monoisotopic (exact) mass is 302 g/mol. The Hall–Kier alpha value is -1.94. The molecule has 4 nitrogen and oxygen atoms in total. The molecule has 0 spiro atoms. The number of hydrogen-bond donors (Lipinski definition) is 0. The van der Waals surface area contributed by atoms with Crippen LogP contribution in [0.3, 0.4) is 0 Å². The van der Waals surface area contributed by atoms with Gasteiger partial charge in [0, 0.05) is 23.8 Å². The third kappa shape index (κ3) is 2.76. The fraction of sp³-hybridized carbons (Fsp3) is 0.312. The van der Waals surface area contributed by atoms with Gasteiger partial charge in [0.1, 0.15) is 5.15 Å². The topological polar surface area (TPSA) is 50.3 Å². The van der Waals surface area contributed by atoms with Gasteiger partial charge in [0.05, 0.1) is 12.1 Å². The van der Waals surface area contributed by atoms with E-state index < -0.39 is 0 Å². The van der Waals surface area contributed by atoms with Crippen LogP contribution >= 0.6 is 11.6 Å². The summed E-state index contributed by atoms with van der Waals surface area (Å²) in [5, 5.41) is 1.29. The number of pyridine rings is 1. The van der Waals surface area contributed by atoms with Crippen LogP contribution in [0.2, 0.25) is 5.15 Å². The second-order valence-electron chi connectivity index (χ2n) is 5.52. The summed E-state index contributed by atoms with van der Waals surface area (Å²) in [6.45, 7) is 2.11. The van der Waals surface area contributed by atoms with E-state index in [4.69, 9.17) is 11.6 Å². The first-order chi connectivity index (χ1) is 10.0. The number of amides is 2. The summed E-state index contributed by atoms with van der Waals surface area (Å²) in [5.74, 6) is -0.155. The molecular weight excluding hydrogens is 288 g/mol. The van der Waals surface area contributed by atoms with Crippen molar-refractivity contribution in [3.05, 3.63) is 41.0 Å². The van der Waals surface area contributed by atoms with Crippen LogP contribution in [0.15, 0.2) is 30.3 Å². The number of carbonyl (C=O) groups is 2. The lowest BCUT2D eigenvalue weighted by atomic mass is 9.97. The molecule has 0 atom stereocenters. The summed E-state index contributed by atoms with van der Waals surface area (Å²) < 4.78 is 0. The molecule has 5 heteroatoms. The van der Waals surface area contributed by atoms with Gasteiger partial charge in [-0.3, -0.25) is 14.5 Å². The molecule has 1 aromatic heterocycles. The number of aromatic nitrogens is 1. The van der Waals surface area contributed by atoms with Crippen molar-refractivity contribution in [2.24, 2.45) is 5.92 Å². The zero-order valence-corrected chi connectivity index (χ0v) is 12.4. The number of imide groups is 1. The Balaban J connectivity index is 1.92. The van der Waals surface area contributed by atoms with E-state index in [0.29, 0.717) is 23.6 Å². The number of fused-ring (bicyclic) bond motifs is 1. The van der Waals surface area contributed by atoms with Crippen molar-refractivity contribution in [1.29, 1.82) is 0 Å². The first-order valence-corrected chi connectivity index (χ1v) is 7.30. The minimum absolute atomic E-state index is 0.117. The predicted molar refractivity (Wildman–Crippen MR) is 80.7 cm³/mol. The normalized spacial score (nSPS) is 16.8. The molecule has 3 rings (SSSR count). The molecule has 2 aromatic rings. The number of halogens is 1. The highest BCUT2D eigenvalue weighted by Crippen LogP contribution is 2.25. The van der Waals surface area contributed by atoms with Crippen molar-refractivity contribution in [3.8, 4) is 0 Å². The predicted octanol–water partition coefficient (Wildman–Crippen LogP) is 3.17. The molecule has 1 aliphatic rings. The molecule has 2 heterocycles. The van der Waals surface area contributed by atoms with Crippen LogP contribution in [0.5, 0.6) is 0 Å². The molecular formula is C16H15ClN2O2. The Labute approximate surface area is 127 Å². The second-order valence-corrected chi connectivity index (χ2v) is 5.88. The summed E-state index contributed by atoms with van der Waals surface area (Å²) >= 11 is 6.19. The minimum Gasteiger partial charge on any atom is -0.278 e. The third-order valence-corrected chi connectivity index (χ3v) is 4.05. The number of para-hydroxylation sites is 1. The highest BCUT2D eigenvalue weighted by molar-refractivity contribution is 6.30. The Morgan fingerprint density at radius 2 is 1.90 bits per heavy atom. The SMILES string of the molecule is CC1CC(=O)N(Cc2cc3ccccc3nc2Cl)C(=O)C1. The van der Waals surface area contributed by atoms with Gasteiger partial charge in [-0.2, -0.15) is 0 Å². The lowest BCUT2D eigenvalue weighted by Gasteiger charge is -2.28. The van der Waals surface area contributed by atoms with Crippen molar-refractivity contribution in [2.45, 2.75) is 26.3 Å². The molecule has 0 unspecified atom stereocenters. The molecule has 21 heavy (non-hydrogen) atoms. The molecule has 2 amide bonds. The molecule has 108 valence electrons. The van der Waals surface area contributed by atoms with Crippen LogP contribution in [0.1, 0.15) is 25.3 Å². The van der Waals surface area contributed by atoms with E-state index in [2.05, 4.69) is 4.98 Å². The number of likely N-dealkylation sites (tertiary alicyclic amines) is 1. The van der Waals surface area contributed by atoms with Gasteiger partial charge in [-0.15, -0.1) is 0 Å². The van der Waals surface area contributed by atoms with Gasteiger partial charge in [0.2, 0.25) is 11.8 Å². The van der Waals surface area contributed by atoms with E-state index in [0.717, 1.165) is 10.9 Å². The smallest absolute Gasteiger partial charge is 0.229 e. The lowest BCUT2D eigenvalue weighted by molar-refractivity contribution is -0.150. The summed E-state index contributed by atoms with van der Waals surface area (Å²) in [6, 6.07) is 9.52. The number of hydrogen-bond acceptors (Lipinski definition) is 3. The molecule has 0 bridgehead atoms. The fourth-order valence-corrected chi connectivity index (χ4v) is 2.83. The standard InChI is InChI=1S/C16H15ClN2O2/c1-10-6-14(20)19(15(21)7-10)9-12-8-11-4-2-3-5-13(11)18-16(12)17/h2-5,8,10H,6-7,9H2,1H3. The number of carbonyl (C=O) groups excluding carboxylic acids is 2. The highest BCUT2D eigenvalue weighted by Gasteiger charge is 2.30. The maximum absolute atomic E-state index is 12.0. The maximum Gasteiger partial charge on any atom is 0.229 e. The third-order valence-electron chi connectivity index (χ3n) is 3.73. The number of benzene rings is 1. The van der Waals surface area contributed by atoms with Gasteiger partial charge in [-0.25, -0.2) is 4.98 Å². The van der Waals surface area contributed by atoms with Crippen LogP contribution in [0.4, 0.5) is 0 Å². The van der Waals surface area contributed by atoms with Crippen LogP contribution in [0.25, 0.3) is 10.9 Å². The van der Waals surface area contributed by atoms with E-state index in [-0.39, 0.29) is 24.3 Å². The molecule has 1 aliphatic heterocycles. The molecule has 1 aromatic carbocycles. The Morgan fingerprint density at radius 3 is 2.62 bits per heavy atom. The quantitative estimate of drug-likeness (QED) is 0.632.